The van der Waals surface area contributed by atoms with Crippen LogP contribution in [0.1, 0.15) is 24.8 Å². The third-order valence-electron chi connectivity index (χ3n) is 2.26. The van der Waals surface area contributed by atoms with E-state index in [1.807, 2.05) is 18.2 Å². The molecule has 1 unspecified atom stereocenters. The predicted octanol–water partition coefficient (Wildman–Crippen LogP) is 1.45. The highest BCUT2D eigenvalue weighted by atomic mass is 15.0. The monoisotopic (exact) mass is 191 g/mol. The van der Waals surface area contributed by atoms with Crippen LogP contribution in [0.4, 0.5) is 0 Å². The SMILES string of the molecule is CCC(CN=C(N)N)c1ccccc1. The summed E-state index contributed by atoms with van der Waals surface area (Å²) in [5.74, 6) is 0.581. The zero-order valence-electron chi connectivity index (χ0n) is 8.48. The summed E-state index contributed by atoms with van der Waals surface area (Å²) in [6.07, 6.45) is 1.04. The molecule has 3 nitrogen and oxygen atoms in total. The molecule has 1 rings (SSSR count). The Morgan fingerprint density at radius 3 is 2.43 bits per heavy atom. The largest absolute Gasteiger partial charge is 0.370 e. The molecule has 0 saturated heterocycles. The first kappa shape index (κ1) is 10.6. The lowest BCUT2D eigenvalue weighted by Gasteiger charge is -2.12. The number of nitrogens with two attached hydrogens (primary N) is 2. The molecule has 0 fully saturated rings. The second-order valence-corrected chi connectivity index (χ2v) is 3.28. The molecule has 0 bridgehead atoms. The van der Waals surface area contributed by atoms with E-state index in [4.69, 9.17) is 11.5 Å². The average molecular weight is 191 g/mol. The van der Waals surface area contributed by atoms with Gasteiger partial charge in [0.2, 0.25) is 0 Å². The van der Waals surface area contributed by atoms with Crippen molar-refractivity contribution in [3.05, 3.63) is 35.9 Å². The zero-order valence-corrected chi connectivity index (χ0v) is 8.48. The molecule has 0 spiro atoms. The lowest BCUT2D eigenvalue weighted by Crippen LogP contribution is -2.23. The number of guanidine groups is 1. The highest BCUT2D eigenvalue weighted by molar-refractivity contribution is 5.75. The summed E-state index contributed by atoms with van der Waals surface area (Å²) in [7, 11) is 0. The average Bonchev–Trinajstić information content (AvgIpc) is 2.20. The van der Waals surface area contributed by atoms with E-state index >= 15 is 0 Å². The summed E-state index contributed by atoms with van der Waals surface area (Å²) in [5, 5.41) is 0. The molecule has 0 aliphatic rings. The van der Waals surface area contributed by atoms with Crippen LogP contribution in [0, 0.1) is 0 Å². The molecule has 0 aromatic heterocycles. The van der Waals surface area contributed by atoms with Crippen LogP contribution in [0.25, 0.3) is 0 Å². The van der Waals surface area contributed by atoms with Gasteiger partial charge in [0.15, 0.2) is 5.96 Å². The van der Waals surface area contributed by atoms with Gasteiger partial charge in [0.05, 0.1) is 0 Å². The van der Waals surface area contributed by atoms with Crippen LogP contribution >= 0.6 is 0 Å². The molecule has 1 atom stereocenters. The minimum Gasteiger partial charge on any atom is -0.370 e. The van der Waals surface area contributed by atoms with Gasteiger partial charge in [-0.25, -0.2) is 0 Å². The molecule has 76 valence electrons. The fraction of sp³-hybridized carbons (Fsp3) is 0.364. The maximum absolute atomic E-state index is 5.30. The Hall–Kier alpha value is -1.51. The standard InChI is InChI=1S/C11H17N3/c1-2-9(8-14-11(12)13)10-6-4-3-5-7-10/h3-7,9H,2,8H2,1H3,(H4,12,13,14). The van der Waals surface area contributed by atoms with Crippen LogP contribution < -0.4 is 11.5 Å². The van der Waals surface area contributed by atoms with Crippen molar-refractivity contribution in [3.63, 3.8) is 0 Å². The summed E-state index contributed by atoms with van der Waals surface area (Å²) < 4.78 is 0. The summed E-state index contributed by atoms with van der Waals surface area (Å²) in [5.41, 5.74) is 11.9. The van der Waals surface area contributed by atoms with Crippen molar-refractivity contribution in [2.75, 3.05) is 6.54 Å². The number of hydrogen-bond donors (Lipinski definition) is 2. The third-order valence-corrected chi connectivity index (χ3v) is 2.26. The quantitative estimate of drug-likeness (QED) is 0.559. The maximum atomic E-state index is 5.30. The van der Waals surface area contributed by atoms with Gasteiger partial charge in [-0.05, 0) is 12.0 Å². The highest BCUT2D eigenvalue weighted by Gasteiger charge is 2.07. The van der Waals surface area contributed by atoms with Gasteiger partial charge in [0.1, 0.15) is 0 Å². The second-order valence-electron chi connectivity index (χ2n) is 3.28. The van der Waals surface area contributed by atoms with Crippen molar-refractivity contribution in [1.29, 1.82) is 0 Å². The van der Waals surface area contributed by atoms with Crippen molar-refractivity contribution < 1.29 is 0 Å². The Labute approximate surface area is 84.8 Å². The van der Waals surface area contributed by atoms with Gasteiger partial charge in [0.25, 0.3) is 0 Å². The number of rotatable bonds is 4. The van der Waals surface area contributed by atoms with Crippen molar-refractivity contribution >= 4 is 5.96 Å². The number of benzene rings is 1. The van der Waals surface area contributed by atoms with Crippen LogP contribution in [0.5, 0.6) is 0 Å². The van der Waals surface area contributed by atoms with E-state index in [1.165, 1.54) is 5.56 Å². The first-order valence-electron chi connectivity index (χ1n) is 4.84. The third kappa shape index (κ3) is 3.09. The van der Waals surface area contributed by atoms with Crippen LogP contribution in [0.15, 0.2) is 35.3 Å². The van der Waals surface area contributed by atoms with Gasteiger partial charge in [-0.2, -0.15) is 0 Å². The topological polar surface area (TPSA) is 64.4 Å². The molecule has 0 amide bonds. The van der Waals surface area contributed by atoms with E-state index in [0.29, 0.717) is 12.5 Å². The lowest BCUT2D eigenvalue weighted by atomic mass is 9.97. The Kier molecular flexibility index (Phi) is 3.98. The fourth-order valence-electron chi connectivity index (χ4n) is 1.41. The summed E-state index contributed by atoms with van der Waals surface area (Å²) >= 11 is 0. The van der Waals surface area contributed by atoms with E-state index in [9.17, 15) is 0 Å². The van der Waals surface area contributed by atoms with Crippen LogP contribution in [-0.2, 0) is 0 Å². The molecule has 0 radical (unpaired) electrons. The highest BCUT2D eigenvalue weighted by Crippen LogP contribution is 2.18. The first-order chi connectivity index (χ1) is 6.74. The van der Waals surface area contributed by atoms with E-state index < -0.39 is 0 Å². The molecule has 3 heteroatoms. The second kappa shape index (κ2) is 5.27. The van der Waals surface area contributed by atoms with E-state index in [2.05, 4.69) is 24.0 Å². The van der Waals surface area contributed by atoms with E-state index in [0.717, 1.165) is 6.42 Å². The molecule has 1 aromatic rings. The van der Waals surface area contributed by atoms with Crippen LogP contribution in [0.2, 0.25) is 0 Å². The van der Waals surface area contributed by atoms with Gasteiger partial charge < -0.3 is 11.5 Å². The number of hydrogen-bond acceptors (Lipinski definition) is 1. The van der Waals surface area contributed by atoms with E-state index in [1.54, 1.807) is 0 Å². The van der Waals surface area contributed by atoms with Crippen molar-refractivity contribution in [2.45, 2.75) is 19.3 Å². The summed E-state index contributed by atoms with van der Waals surface area (Å²) in [6, 6.07) is 10.3. The van der Waals surface area contributed by atoms with Crippen LogP contribution in [0.3, 0.4) is 0 Å². The summed E-state index contributed by atoms with van der Waals surface area (Å²) in [6.45, 7) is 2.81. The van der Waals surface area contributed by atoms with Gasteiger partial charge in [0, 0.05) is 12.5 Å². The van der Waals surface area contributed by atoms with E-state index in [-0.39, 0.29) is 5.96 Å². The zero-order chi connectivity index (χ0) is 10.4. The Morgan fingerprint density at radius 2 is 1.93 bits per heavy atom. The Bertz CT molecular complexity index is 289. The van der Waals surface area contributed by atoms with Crippen molar-refractivity contribution in [3.8, 4) is 0 Å². The lowest BCUT2D eigenvalue weighted by molar-refractivity contribution is 0.675. The van der Waals surface area contributed by atoms with Crippen LogP contribution in [-0.4, -0.2) is 12.5 Å². The fourth-order valence-corrected chi connectivity index (χ4v) is 1.41. The molecule has 0 aliphatic heterocycles. The minimum absolute atomic E-state index is 0.166. The van der Waals surface area contributed by atoms with Crippen molar-refractivity contribution in [2.24, 2.45) is 16.5 Å². The molecule has 4 N–H and O–H groups in total. The molecule has 14 heavy (non-hydrogen) atoms. The first-order valence-corrected chi connectivity index (χ1v) is 4.84. The van der Waals surface area contributed by atoms with Gasteiger partial charge in [-0.3, -0.25) is 4.99 Å². The normalized spacial score (nSPS) is 12.1. The van der Waals surface area contributed by atoms with Gasteiger partial charge in [-0.1, -0.05) is 37.3 Å². The molecule has 1 aromatic carbocycles. The molecule has 0 heterocycles. The smallest absolute Gasteiger partial charge is 0.185 e. The van der Waals surface area contributed by atoms with Gasteiger partial charge in [-0.15, -0.1) is 0 Å². The Morgan fingerprint density at radius 1 is 1.29 bits per heavy atom. The predicted molar refractivity (Wildman–Crippen MR) is 60.2 cm³/mol. The molecular weight excluding hydrogens is 174 g/mol. The maximum Gasteiger partial charge on any atom is 0.185 e. The Balaban J connectivity index is 2.68. The number of nitrogens with zero attached hydrogens (tertiary/aromatic N) is 1. The number of aliphatic imine (C=N–C) groups is 1. The molecule has 0 saturated carbocycles. The summed E-state index contributed by atoms with van der Waals surface area (Å²) in [4.78, 5) is 4.04. The molecule has 0 aliphatic carbocycles. The molecular formula is C11H17N3. The minimum atomic E-state index is 0.166. The van der Waals surface area contributed by atoms with Gasteiger partial charge >= 0.3 is 0 Å². The van der Waals surface area contributed by atoms with Crippen molar-refractivity contribution in [1.82, 2.24) is 0 Å².